The van der Waals surface area contributed by atoms with E-state index in [-0.39, 0.29) is 41.4 Å². The molecule has 2 aliphatic heterocycles. The molecule has 0 spiro atoms. The number of hydrogen-bond acceptors (Lipinski definition) is 6. The van der Waals surface area contributed by atoms with Gasteiger partial charge in [-0.1, -0.05) is 49.6 Å². The highest BCUT2D eigenvalue weighted by atomic mass is 32.2. The van der Waals surface area contributed by atoms with E-state index in [0.29, 0.717) is 24.7 Å². The zero-order valence-electron chi connectivity index (χ0n) is 23.1. The maximum absolute atomic E-state index is 13.4. The average Bonchev–Trinajstić information content (AvgIpc) is 3.22. The predicted molar refractivity (Wildman–Crippen MR) is 148 cm³/mol. The maximum atomic E-state index is 13.4. The Bertz CT molecular complexity index is 1070. The highest BCUT2D eigenvalue weighted by Gasteiger charge is 2.42. The Balaban J connectivity index is 1.51. The van der Waals surface area contributed by atoms with Crippen LogP contribution in [0, 0.1) is 17.8 Å². The van der Waals surface area contributed by atoms with Gasteiger partial charge in [0.2, 0.25) is 11.8 Å². The summed E-state index contributed by atoms with van der Waals surface area (Å²) in [6.45, 7) is 6.96. The molecule has 1 saturated carbocycles. The number of aliphatic hydroxyl groups is 1. The van der Waals surface area contributed by atoms with Crippen LogP contribution in [0.1, 0.15) is 64.9 Å². The molecule has 2 heterocycles. The van der Waals surface area contributed by atoms with Crippen LogP contribution in [0.25, 0.3) is 0 Å². The molecule has 0 aromatic heterocycles. The van der Waals surface area contributed by atoms with Crippen molar-refractivity contribution < 1.29 is 23.1 Å². The van der Waals surface area contributed by atoms with E-state index in [2.05, 4.69) is 15.5 Å². The molecular weight excluding hydrogens is 502 g/mol. The molecule has 2 saturated heterocycles. The smallest absolute Gasteiger partial charge is 0.237 e. The van der Waals surface area contributed by atoms with Crippen LogP contribution in [0.2, 0.25) is 0 Å². The normalized spacial score (nSPS) is 29.2. The minimum Gasteiger partial charge on any atom is -0.390 e. The molecular formula is C29H45N3O5S. The number of likely N-dealkylation sites (tertiary alicyclic amines) is 1. The molecule has 1 aliphatic carbocycles. The van der Waals surface area contributed by atoms with Crippen molar-refractivity contribution in [3.05, 3.63) is 35.9 Å². The first-order valence-corrected chi connectivity index (χ1v) is 16.0. The Kier molecular flexibility index (Phi) is 9.20. The minimum atomic E-state index is -3.20. The van der Waals surface area contributed by atoms with E-state index in [1.54, 1.807) is 0 Å². The summed E-state index contributed by atoms with van der Waals surface area (Å²) >= 11 is 0. The Morgan fingerprint density at radius 3 is 2.37 bits per heavy atom. The van der Waals surface area contributed by atoms with Gasteiger partial charge in [0.15, 0.2) is 9.84 Å². The fraction of sp³-hybridized carbons (Fsp3) is 0.724. The van der Waals surface area contributed by atoms with Crippen molar-refractivity contribution in [1.82, 2.24) is 15.5 Å². The summed E-state index contributed by atoms with van der Waals surface area (Å²) < 4.78 is 23.9. The number of amides is 2. The first-order valence-electron chi connectivity index (χ1n) is 14.2. The lowest BCUT2D eigenvalue weighted by Gasteiger charge is -2.47. The number of aliphatic hydroxyl groups excluding tert-OH is 1. The van der Waals surface area contributed by atoms with Crippen LogP contribution >= 0.6 is 0 Å². The number of carbonyl (C=O) groups excluding carboxylic acids is 2. The quantitative estimate of drug-likeness (QED) is 0.460. The molecule has 38 heavy (non-hydrogen) atoms. The lowest BCUT2D eigenvalue weighted by Crippen LogP contribution is -2.60. The Morgan fingerprint density at radius 1 is 1.05 bits per heavy atom. The lowest BCUT2D eigenvalue weighted by molar-refractivity contribution is -0.133. The van der Waals surface area contributed by atoms with Gasteiger partial charge in [-0.25, -0.2) is 8.42 Å². The molecule has 4 rings (SSSR count). The molecule has 6 atom stereocenters. The van der Waals surface area contributed by atoms with E-state index in [1.165, 1.54) is 12.8 Å². The summed E-state index contributed by atoms with van der Waals surface area (Å²) in [7, 11) is -3.20. The second-order valence-electron chi connectivity index (χ2n) is 12.7. The van der Waals surface area contributed by atoms with Crippen LogP contribution < -0.4 is 10.6 Å². The van der Waals surface area contributed by atoms with Gasteiger partial charge >= 0.3 is 0 Å². The van der Waals surface area contributed by atoms with Crippen molar-refractivity contribution in [1.29, 1.82) is 0 Å². The van der Waals surface area contributed by atoms with Crippen molar-refractivity contribution in [2.24, 2.45) is 17.8 Å². The number of rotatable bonds is 8. The second-order valence-corrected chi connectivity index (χ2v) is 15.0. The van der Waals surface area contributed by atoms with Gasteiger partial charge in [0.1, 0.15) is 0 Å². The van der Waals surface area contributed by atoms with Gasteiger partial charge in [0.05, 0.1) is 35.6 Å². The number of benzene rings is 1. The number of nitrogens with one attached hydrogen (secondary N) is 2. The number of β-amino-alcohol motifs (C(OH)–C–C–N with tert-alkyl or cyclic N) is 1. The van der Waals surface area contributed by atoms with Crippen LogP contribution in [0.3, 0.4) is 0 Å². The molecule has 3 N–H and O–H groups in total. The number of piperidine rings is 1. The van der Waals surface area contributed by atoms with Gasteiger partial charge < -0.3 is 15.7 Å². The first kappa shape index (κ1) is 29.0. The third-order valence-electron chi connectivity index (χ3n) is 8.42. The van der Waals surface area contributed by atoms with E-state index in [9.17, 15) is 23.1 Å². The molecule has 1 aromatic carbocycles. The zero-order valence-corrected chi connectivity index (χ0v) is 23.9. The van der Waals surface area contributed by atoms with E-state index in [1.807, 2.05) is 51.1 Å². The Morgan fingerprint density at radius 2 is 1.74 bits per heavy atom. The zero-order chi connectivity index (χ0) is 27.5. The van der Waals surface area contributed by atoms with Crippen LogP contribution in [0.15, 0.2) is 30.3 Å². The Hall–Kier alpha value is -1.97. The third-order valence-corrected chi connectivity index (χ3v) is 10.2. The number of sulfone groups is 1. The lowest BCUT2D eigenvalue weighted by atomic mass is 9.72. The van der Waals surface area contributed by atoms with E-state index in [0.717, 1.165) is 31.4 Å². The van der Waals surface area contributed by atoms with Gasteiger partial charge in [0, 0.05) is 18.6 Å². The largest absolute Gasteiger partial charge is 0.390 e. The highest BCUT2D eigenvalue weighted by Crippen LogP contribution is 2.39. The molecule has 3 aliphatic rings. The molecule has 2 amide bonds. The predicted octanol–water partition coefficient (Wildman–Crippen LogP) is 2.30. The standard InChI is InChI=1S/C29H45N3O5S/c1-29(2,3)31-28(35)25-16-21-11-7-8-12-22(21)17-32(25)18-26(33)24(15-20-9-5-4-6-10-20)30-27(34)23-13-14-38(36,37)19-23/h4-6,9-10,21-26,33H,7-8,11-19H2,1-3H3,(H,30,34)(H,31,35)/t21?,22?,23?,24?,25-,26?/m0/s1. The number of carbonyl (C=O) groups is 2. The fourth-order valence-electron chi connectivity index (χ4n) is 6.45. The molecule has 0 bridgehead atoms. The second kappa shape index (κ2) is 12.0. The molecule has 1 aromatic rings. The van der Waals surface area contributed by atoms with Gasteiger partial charge in [-0.15, -0.1) is 0 Å². The number of hydrogen-bond donors (Lipinski definition) is 3. The number of nitrogens with zero attached hydrogens (tertiary/aromatic N) is 1. The van der Waals surface area contributed by atoms with E-state index < -0.39 is 27.9 Å². The fourth-order valence-corrected chi connectivity index (χ4v) is 8.19. The third kappa shape index (κ3) is 7.79. The van der Waals surface area contributed by atoms with Crippen molar-refractivity contribution in [3.8, 4) is 0 Å². The maximum Gasteiger partial charge on any atom is 0.237 e. The molecule has 5 unspecified atom stereocenters. The SMILES string of the molecule is CC(C)(C)NC(=O)[C@@H]1CC2CCCCC2CN1CC(O)C(Cc1ccccc1)NC(=O)C1CCS(=O)(=O)C1. The summed E-state index contributed by atoms with van der Waals surface area (Å²) in [5.74, 6) is 0.00799. The van der Waals surface area contributed by atoms with Crippen molar-refractivity contribution in [3.63, 3.8) is 0 Å². The van der Waals surface area contributed by atoms with Crippen molar-refractivity contribution >= 4 is 21.7 Å². The molecule has 3 fully saturated rings. The Labute approximate surface area is 227 Å². The summed E-state index contributed by atoms with van der Waals surface area (Å²) in [5.41, 5.74) is 0.625. The highest BCUT2D eigenvalue weighted by molar-refractivity contribution is 7.91. The van der Waals surface area contributed by atoms with E-state index >= 15 is 0 Å². The molecule has 212 valence electrons. The average molecular weight is 548 g/mol. The van der Waals surface area contributed by atoms with Gasteiger partial charge in [0.25, 0.3) is 0 Å². The first-order chi connectivity index (χ1) is 17.9. The summed E-state index contributed by atoms with van der Waals surface area (Å²) in [5, 5.41) is 17.7. The van der Waals surface area contributed by atoms with Crippen LogP contribution in [-0.2, 0) is 25.8 Å². The molecule has 9 heteroatoms. The van der Waals surface area contributed by atoms with Crippen molar-refractivity contribution in [2.45, 2.75) is 89.4 Å². The summed E-state index contributed by atoms with van der Waals surface area (Å²) in [4.78, 5) is 28.6. The molecule has 8 nitrogen and oxygen atoms in total. The van der Waals surface area contributed by atoms with Crippen LogP contribution in [-0.4, -0.2) is 78.6 Å². The van der Waals surface area contributed by atoms with Gasteiger partial charge in [-0.3, -0.25) is 14.5 Å². The van der Waals surface area contributed by atoms with Crippen molar-refractivity contribution in [2.75, 3.05) is 24.6 Å². The van der Waals surface area contributed by atoms with Gasteiger partial charge in [-0.05, 0) is 63.9 Å². The van der Waals surface area contributed by atoms with Crippen LogP contribution in [0.4, 0.5) is 0 Å². The topological polar surface area (TPSA) is 116 Å². The van der Waals surface area contributed by atoms with E-state index in [4.69, 9.17) is 0 Å². The molecule has 0 radical (unpaired) electrons. The summed E-state index contributed by atoms with van der Waals surface area (Å²) in [6, 6.07) is 8.76. The number of fused-ring (bicyclic) bond motifs is 1. The monoisotopic (exact) mass is 547 g/mol. The van der Waals surface area contributed by atoms with Gasteiger partial charge in [-0.2, -0.15) is 0 Å². The summed E-state index contributed by atoms with van der Waals surface area (Å²) in [6.07, 6.45) is 5.31. The minimum absolute atomic E-state index is 0.00599. The van der Waals surface area contributed by atoms with Crippen LogP contribution in [0.5, 0.6) is 0 Å².